The topological polar surface area (TPSA) is 18.5 Å². The van der Waals surface area contributed by atoms with E-state index in [1.54, 1.807) is 7.11 Å². The molecule has 0 saturated carbocycles. The molecule has 3 heteroatoms. The molecule has 0 N–H and O–H groups in total. The number of rotatable bonds is 3. The van der Waals surface area contributed by atoms with Crippen molar-refractivity contribution in [2.45, 2.75) is 13.5 Å². The second-order valence-electron chi connectivity index (χ2n) is 5.06. The lowest BCUT2D eigenvalue weighted by molar-refractivity contribution is 0.408. The van der Waals surface area contributed by atoms with Crippen LogP contribution in [0.2, 0.25) is 0 Å². The fraction of sp³-hybridized carbons (Fsp3) is 0.167. The molecule has 0 aliphatic heterocycles. The molecule has 0 amide bonds. The largest absolute Gasteiger partial charge is 0.496 e. The number of ether oxygens (including phenoxy) is 1. The van der Waals surface area contributed by atoms with E-state index in [1.807, 2.05) is 31.2 Å². The standard InChI is InChI=1S/C18H16N2O/c1-13-10-17-14(11-16(13)19-2)8-9-20(17)12-15-6-4-5-7-18(15)21-3/h4-11H,12H2,1,3H3. The third kappa shape index (κ3) is 2.36. The SMILES string of the molecule is [C-]#[N+]c1cc2ccn(Cc3ccccc3OC)c2cc1C. The lowest BCUT2D eigenvalue weighted by atomic mass is 10.1. The molecule has 0 aliphatic rings. The van der Waals surface area contributed by atoms with Crippen molar-refractivity contribution in [1.82, 2.24) is 4.57 Å². The van der Waals surface area contributed by atoms with E-state index in [0.717, 1.165) is 40.0 Å². The molecule has 2 aromatic carbocycles. The van der Waals surface area contributed by atoms with Crippen molar-refractivity contribution < 1.29 is 4.74 Å². The summed E-state index contributed by atoms with van der Waals surface area (Å²) in [6.07, 6.45) is 2.06. The van der Waals surface area contributed by atoms with E-state index in [4.69, 9.17) is 11.3 Å². The van der Waals surface area contributed by atoms with Gasteiger partial charge in [0.15, 0.2) is 5.69 Å². The van der Waals surface area contributed by atoms with Crippen LogP contribution in [-0.4, -0.2) is 11.7 Å². The summed E-state index contributed by atoms with van der Waals surface area (Å²) in [6.45, 7) is 9.93. The lowest BCUT2D eigenvalue weighted by Gasteiger charge is -2.10. The van der Waals surface area contributed by atoms with Gasteiger partial charge in [-0.05, 0) is 42.1 Å². The Hall–Kier alpha value is -2.73. The first kappa shape index (κ1) is 13.3. The van der Waals surface area contributed by atoms with Gasteiger partial charge in [0, 0.05) is 17.3 Å². The van der Waals surface area contributed by atoms with Crippen LogP contribution in [0, 0.1) is 13.5 Å². The van der Waals surface area contributed by atoms with Gasteiger partial charge < -0.3 is 9.30 Å². The molecule has 104 valence electrons. The third-order valence-corrected chi connectivity index (χ3v) is 3.74. The zero-order chi connectivity index (χ0) is 14.8. The fourth-order valence-electron chi connectivity index (χ4n) is 2.61. The van der Waals surface area contributed by atoms with Crippen LogP contribution in [0.5, 0.6) is 5.75 Å². The summed E-state index contributed by atoms with van der Waals surface area (Å²) in [7, 11) is 1.69. The summed E-state index contributed by atoms with van der Waals surface area (Å²) in [5.74, 6) is 0.897. The molecule has 1 heterocycles. The van der Waals surface area contributed by atoms with Crippen LogP contribution in [-0.2, 0) is 6.54 Å². The van der Waals surface area contributed by atoms with Gasteiger partial charge in [0.25, 0.3) is 0 Å². The first-order valence-corrected chi connectivity index (χ1v) is 6.82. The van der Waals surface area contributed by atoms with Gasteiger partial charge in [0.1, 0.15) is 5.75 Å². The Morgan fingerprint density at radius 2 is 2.00 bits per heavy atom. The molecule has 0 unspecified atom stereocenters. The van der Waals surface area contributed by atoms with Crippen molar-refractivity contribution in [2.75, 3.05) is 7.11 Å². The van der Waals surface area contributed by atoms with Crippen LogP contribution >= 0.6 is 0 Å². The van der Waals surface area contributed by atoms with E-state index < -0.39 is 0 Å². The Labute approximate surface area is 124 Å². The van der Waals surface area contributed by atoms with Crippen molar-refractivity contribution in [3.05, 3.63) is 71.2 Å². The monoisotopic (exact) mass is 276 g/mol. The quantitative estimate of drug-likeness (QED) is 0.642. The average molecular weight is 276 g/mol. The molecule has 0 saturated heterocycles. The summed E-state index contributed by atoms with van der Waals surface area (Å²) in [5.41, 5.74) is 4.02. The summed E-state index contributed by atoms with van der Waals surface area (Å²) in [6, 6.07) is 14.1. The number of aryl methyl sites for hydroxylation is 1. The summed E-state index contributed by atoms with van der Waals surface area (Å²) in [4.78, 5) is 3.56. The molecule has 0 aliphatic carbocycles. The molecule has 1 aromatic heterocycles. The zero-order valence-corrected chi connectivity index (χ0v) is 12.1. The van der Waals surface area contributed by atoms with E-state index in [1.165, 1.54) is 0 Å². The Balaban J connectivity index is 2.06. The zero-order valence-electron chi connectivity index (χ0n) is 12.1. The van der Waals surface area contributed by atoms with Crippen molar-refractivity contribution in [1.29, 1.82) is 0 Å². The number of fused-ring (bicyclic) bond motifs is 1. The smallest absolute Gasteiger partial charge is 0.190 e. The highest BCUT2D eigenvalue weighted by atomic mass is 16.5. The average Bonchev–Trinajstić information content (AvgIpc) is 2.89. The van der Waals surface area contributed by atoms with Gasteiger partial charge in [0.05, 0.1) is 20.2 Å². The minimum atomic E-state index is 0.720. The van der Waals surface area contributed by atoms with E-state index in [9.17, 15) is 0 Å². The van der Waals surface area contributed by atoms with E-state index in [2.05, 4.69) is 33.8 Å². The van der Waals surface area contributed by atoms with Gasteiger partial charge in [0.2, 0.25) is 0 Å². The first-order valence-electron chi connectivity index (χ1n) is 6.82. The Morgan fingerprint density at radius 3 is 2.76 bits per heavy atom. The Kier molecular flexibility index (Phi) is 3.37. The van der Waals surface area contributed by atoms with Crippen molar-refractivity contribution in [3.63, 3.8) is 0 Å². The van der Waals surface area contributed by atoms with E-state index >= 15 is 0 Å². The predicted octanol–water partition coefficient (Wildman–Crippen LogP) is 4.56. The second kappa shape index (κ2) is 5.34. The number of hydrogen-bond acceptors (Lipinski definition) is 1. The van der Waals surface area contributed by atoms with Crippen LogP contribution < -0.4 is 4.74 Å². The van der Waals surface area contributed by atoms with Crippen molar-refractivity contribution >= 4 is 16.6 Å². The number of aromatic nitrogens is 1. The molecule has 21 heavy (non-hydrogen) atoms. The van der Waals surface area contributed by atoms with Gasteiger partial charge in [-0.3, -0.25) is 0 Å². The summed E-state index contributed by atoms with van der Waals surface area (Å²) >= 11 is 0. The highest BCUT2D eigenvalue weighted by Crippen LogP contribution is 2.28. The minimum Gasteiger partial charge on any atom is -0.496 e. The van der Waals surface area contributed by atoms with Crippen molar-refractivity contribution in [3.8, 4) is 5.75 Å². The molecule has 3 aromatic rings. The normalized spacial score (nSPS) is 10.5. The third-order valence-electron chi connectivity index (χ3n) is 3.74. The highest BCUT2D eigenvalue weighted by molar-refractivity contribution is 5.85. The highest BCUT2D eigenvalue weighted by Gasteiger charge is 2.08. The molecule has 0 radical (unpaired) electrons. The molecule has 0 atom stereocenters. The Morgan fingerprint density at radius 1 is 1.19 bits per heavy atom. The van der Waals surface area contributed by atoms with Gasteiger partial charge >= 0.3 is 0 Å². The Bertz CT molecular complexity index is 840. The molecule has 0 fully saturated rings. The van der Waals surface area contributed by atoms with E-state index in [0.29, 0.717) is 0 Å². The lowest BCUT2D eigenvalue weighted by Crippen LogP contribution is -2.00. The maximum Gasteiger partial charge on any atom is 0.190 e. The van der Waals surface area contributed by atoms with Crippen molar-refractivity contribution in [2.24, 2.45) is 0 Å². The number of benzene rings is 2. The minimum absolute atomic E-state index is 0.720. The van der Waals surface area contributed by atoms with Gasteiger partial charge in [-0.2, -0.15) is 0 Å². The molecule has 3 rings (SSSR count). The van der Waals surface area contributed by atoms with Gasteiger partial charge in [-0.15, -0.1) is 0 Å². The fourth-order valence-corrected chi connectivity index (χ4v) is 2.61. The molecule has 3 nitrogen and oxygen atoms in total. The number of methoxy groups -OCH3 is 1. The molecular formula is C18H16N2O. The predicted molar refractivity (Wildman–Crippen MR) is 85.0 cm³/mol. The van der Waals surface area contributed by atoms with Gasteiger partial charge in [-0.25, -0.2) is 4.85 Å². The molecular weight excluding hydrogens is 260 g/mol. The van der Waals surface area contributed by atoms with Crippen LogP contribution in [0.1, 0.15) is 11.1 Å². The van der Waals surface area contributed by atoms with Crippen LogP contribution in [0.3, 0.4) is 0 Å². The number of para-hydroxylation sites is 1. The summed E-state index contributed by atoms with van der Waals surface area (Å²) < 4.78 is 7.60. The van der Waals surface area contributed by atoms with Crippen LogP contribution in [0.4, 0.5) is 5.69 Å². The maximum absolute atomic E-state index is 7.20. The number of hydrogen-bond donors (Lipinski definition) is 0. The molecule has 0 bridgehead atoms. The van der Waals surface area contributed by atoms with E-state index in [-0.39, 0.29) is 0 Å². The maximum atomic E-state index is 7.20. The molecule has 0 spiro atoms. The number of nitrogens with zero attached hydrogens (tertiary/aromatic N) is 2. The van der Waals surface area contributed by atoms with Crippen LogP contribution in [0.25, 0.3) is 15.7 Å². The van der Waals surface area contributed by atoms with Crippen LogP contribution in [0.15, 0.2) is 48.7 Å². The van der Waals surface area contributed by atoms with Gasteiger partial charge in [-0.1, -0.05) is 18.2 Å². The first-order chi connectivity index (χ1) is 10.2. The summed E-state index contributed by atoms with van der Waals surface area (Å²) in [5, 5.41) is 1.10. The second-order valence-corrected chi connectivity index (χ2v) is 5.06.